The van der Waals surface area contributed by atoms with E-state index in [1.807, 2.05) is 30.0 Å². The van der Waals surface area contributed by atoms with Gasteiger partial charge in [-0.15, -0.1) is 0 Å². The Morgan fingerprint density at radius 1 is 1.33 bits per heavy atom. The van der Waals surface area contributed by atoms with Crippen molar-refractivity contribution in [3.05, 3.63) is 76.9 Å². The van der Waals surface area contributed by atoms with E-state index in [1.165, 1.54) is 0 Å². The molecule has 0 aliphatic carbocycles. The number of benzene rings is 1. The summed E-state index contributed by atoms with van der Waals surface area (Å²) in [5.41, 5.74) is 9.16. The molecule has 27 heavy (non-hydrogen) atoms. The predicted octanol–water partition coefficient (Wildman–Crippen LogP) is 2.96. The van der Waals surface area contributed by atoms with E-state index in [1.54, 1.807) is 30.5 Å². The number of nitrogens with two attached hydrogens (primary N) is 1. The van der Waals surface area contributed by atoms with Crippen LogP contribution in [0.1, 0.15) is 28.6 Å². The Bertz CT molecular complexity index is 919. The molecule has 2 aromatic rings. The third-order valence-corrected chi connectivity index (χ3v) is 4.20. The van der Waals surface area contributed by atoms with Gasteiger partial charge in [-0.3, -0.25) is 4.98 Å². The molecule has 1 aliphatic heterocycles. The van der Waals surface area contributed by atoms with Gasteiger partial charge >= 0.3 is 0 Å². The minimum atomic E-state index is -0.612. The number of ether oxygens (including phenoxy) is 1. The van der Waals surface area contributed by atoms with Gasteiger partial charge in [0.15, 0.2) is 12.0 Å². The molecule has 6 nitrogen and oxygen atoms in total. The van der Waals surface area contributed by atoms with E-state index in [0.29, 0.717) is 18.0 Å². The molecule has 0 radical (unpaired) electrons. The summed E-state index contributed by atoms with van der Waals surface area (Å²) in [5, 5.41) is 9.21. The van der Waals surface area contributed by atoms with E-state index in [2.05, 4.69) is 16.0 Å². The summed E-state index contributed by atoms with van der Waals surface area (Å²) in [7, 11) is 0. The monoisotopic (exact) mass is 365 g/mol. The van der Waals surface area contributed by atoms with Crippen molar-refractivity contribution in [2.24, 2.45) is 10.7 Å². The van der Waals surface area contributed by atoms with Gasteiger partial charge in [0.2, 0.25) is 0 Å². The number of hydrogen-bond acceptors (Lipinski definition) is 6. The zero-order valence-corrected chi connectivity index (χ0v) is 15.0. The van der Waals surface area contributed by atoms with Crippen LogP contribution in [0.15, 0.2) is 59.5 Å². The Hall–Kier alpha value is -3.40. The number of pyridine rings is 1. The maximum atomic E-state index is 12.7. The van der Waals surface area contributed by atoms with Crippen molar-refractivity contribution in [1.29, 1.82) is 5.26 Å². The van der Waals surface area contributed by atoms with Crippen LogP contribution < -0.4 is 5.73 Å². The summed E-state index contributed by atoms with van der Waals surface area (Å²) in [6.45, 7) is 1.69. The molecule has 2 N–H and O–H groups in total. The number of alkyl halides is 1. The van der Waals surface area contributed by atoms with Crippen molar-refractivity contribution >= 4 is 5.84 Å². The molecule has 0 saturated heterocycles. The van der Waals surface area contributed by atoms with E-state index in [0.717, 1.165) is 16.8 Å². The molecule has 7 heteroatoms. The molecule has 138 valence electrons. The molecule has 1 atom stereocenters. The quantitative estimate of drug-likeness (QED) is 0.850. The summed E-state index contributed by atoms with van der Waals surface area (Å²) in [4.78, 5) is 10.8. The van der Waals surface area contributed by atoms with Crippen molar-refractivity contribution in [1.82, 2.24) is 9.88 Å². The van der Waals surface area contributed by atoms with E-state index in [-0.39, 0.29) is 12.4 Å². The smallest absolute Gasteiger partial charge is 0.195 e. The van der Waals surface area contributed by atoms with Gasteiger partial charge in [-0.1, -0.05) is 18.2 Å². The Morgan fingerprint density at radius 2 is 2.19 bits per heavy atom. The fraction of sp³-hybridized carbons (Fsp3) is 0.250. The summed E-state index contributed by atoms with van der Waals surface area (Å²) in [6.07, 6.45) is 2.80. The molecule has 1 aromatic heterocycles. The second-order valence-electron chi connectivity index (χ2n) is 6.08. The fourth-order valence-corrected chi connectivity index (χ4v) is 2.88. The molecule has 0 bridgehead atoms. The number of hydrogen-bond donors (Lipinski definition) is 1. The first-order valence-electron chi connectivity index (χ1n) is 8.53. The van der Waals surface area contributed by atoms with Crippen LogP contribution in [0.3, 0.4) is 0 Å². The van der Waals surface area contributed by atoms with Crippen LogP contribution in [0.5, 0.6) is 0 Å². The fourth-order valence-electron chi connectivity index (χ4n) is 2.88. The molecular formula is C20H20FN5O. The Labute approximate surface area is 157 Å². The maximum absolute atomic E-state index is 12.7. The van der Waals surface area contributed by atoms with Gasteiger partial charge in [0.05, 0.1) is 23.9 Å². The van der Waals surface area contributed by atoms with Crippen LogP contribution in [0.4, 0.5) is 4.39 Å². The van der Waals surface area contributed by atoms with Gasteiger partial charge in [-0.05, 0) is 36.2 Å². The number of halogens is 1. The highest BCUT2D eigenvalue weighted by Crippen LogP contribution is 2.32. The zero-order valence-electron chi connectivity index (χ0n) is 15.0. The molecule has 0 fully saturated rings. The lowest BCUT2D eigenvalue weighted by Gasteiger charge is -2.35. The van der Waals surface area contributed by atoms with Crippen LogP contribution in [-0.2, 0) is 11.3 Å². The number of aliphatic imine (C=N–C) groups is 1. The Kier molecular flexibility index (Phi) is 5.67. The van der Waals surface area contributed by atoms with Gasteiger partial charge in [0.1, 0.15) is 19.1 Å². The topological polar surface area (TPSA) is 87.5 Å². The number of aryl methyl sites for hydroxylation is 1. The van der Waals surface area contributed by atoms with Crippen molar-refractivity contribution in [3.8, 4) is 6.07 Å². The molecule has 1 unspecified atom stereocenters. The minimum Gasteiger partial charge on any atom is -0.476 e. The lowest BCUT2D eigenvalue weighted by Crippen LogP contribution is -2.34. The van der Waals surface area contributed by atoms with Gasteiger partial charge < -0.3 is 15.4 Å². The number of aromatic nitrogens is 1. The largest absolute Gasteiger partial charge is 0.476 e. The standard InChI is InChI=1S/C20H20FN5O/c1-14-4-3-8-24-17(14)13-26-19(27-9-7-21)11-18(23)25-20(26)16-6-2-5-15(10-16)12-22/h2-6,8,10-11,20H,7,9,13H2,1H3,(H2,23,25). The van der Waals surface area contributed by atoms with Crippen molar-refractivity contribution in [2.75, 3.05) is 13.3 Å². The highest BCUT2D eigenvalue weighted by Gasteiger charge is 2.28. The van der Waals surface area contributed by atoms with Crippen molar-refractivity contribution in [3.63, 3.8) is 0 Å². The van der Waals surface area contributed by atoms with Gasteiger partial charge in [0.25, 0.3) is 0 Å². The van der Waals surface area contributed by atoms with Crippen molar-refractivity contribution in [2.45, 2.75) is 19.6 Å². The van der Waals surface area contributed by atoms with Crippen LogP contribution in [0, 0.1) is 18.3 Å². The molecule has 0 saturated carbocycles. The predicted molar refractivity (Wildman–Crippen MR) is 100 cm³/mol. The highest BCUT2D eigenvalue weighted by molar-refractivity contribution is 5.92. The third kappa shape index (κ3) is 4.23. The molecule has 2 heterocycles. The Balaban J connectivity index is 2.01. The summed E-state index contributed by atoms with van der Waals surface area (Å²) in [5.74, 6) is 0.711. The minimum absolute atomic E-state index is 0.0816. The average molecular weight is 365 g/mol. The highest BCUT2D eigenvalue weighted by atomic mass is 19.1. The maximum Gasteiger partial charge on any atom is 0.195 e. The van der Waals surface area contributed by atoms with Crippen LogP contribution >= 0.6 is 0 Å². The molecule has 3 rings (SSSR count). The summed E-state index contributed by atoms with van der Waals surface area (Å²) in [6, 6.07) is 13.1. The van der Waals surface area contributed by atoms with Crippen LogP contribution in [0.2, 0.25) is 0 Å². The summed E-state index contributed by atoms with van der Waals surface area (Å²) >= 11 is 0. The SMILES string of the molecule is Cc1cccnc1CN1C(OCCF)=CC(N)=NC1c1cccc(C#N)c1. The van der Waals surface area contributed by atoms with Gasteiger partial charge in [-0.2, -0.15) is 5.26 Å². The summed E-state index contributed by atoms with van der Waals surface area (Å²) < 4.78 is 18.3. The second kappa shape index (κ2) is 8.32. The number of nitriles is 1. The first-order valence-corrected chi connectivity index (χ1v) is 8.53. The molecule has 0 amide bonds. The van der Waals surface area contributed by atoms with Gasteiger partial charge in [0, 0.05) is 12.3 Å². The van der Waals surface area contributed by atoms with Crippen molar-refractivity contribution < 1.29 is 9.13 Å². The molecular weight excluding hydrogens is 345 g/mol. The average Bonchev–Trinajstić information content (AvgIpc) is 2.69. The Morgan fingerprint density at radius 3 is 2.93 bits per heavy atom. The number of rotatable bonds is 6. The molecule has 1 aromatic carbocycles. The second-order valence-corrected chi connectivity index (χ2v) is 6.08. The molecule has 1 aliphatic rings. The van der Waals surface area contributed by atoms with E-state index < -0.39 is 12.8 Å². The lowest BCUT2D eigenvalue weighted by molar-refractivity contribution is 0.0704. The van der Waals surface area contributed by atoms with Crippen LogP contribution in [0.25, 0.3) is 0 Å². The number of amidine groups is 1. The third-order valence-electron chi connectivity index (χ3n) is 4.20. The normalized spacial score (nSPS) is 16.3. The van der Waals surface area contributed by atoms with E-state index in [4.69, 9.17) is 10.5 Å². The molecule has 0 spiro atoms. The first kappa shape index (κ1) is 18.4. The lowest BCUT2D eigenvalue weighted by atomic mass is 10.1. The van der Waals surface area contributed by atoms with Crippen LogP contribution in [-0.4, -0.2) is 29.0 Å². The first-order chi connectivity index (χ1) is 13.1. The van der Waals surface area contributed by atoms with Gasteiger partial charge in [-0.25, -0.2) is 9.38 Å². The van der Waals surface area contributed by atoms with E-state index >= 15 is 0 Å². The zero-order chi connectivity index (χ0) is 19.2. The van der Waals surface area contributed by atoms with E-state index in [9.17, 15) is 9.65 Å². The number of nitrogens with zero attached hydrogens (tertiary/aromatic N) is 4.